The minimum Gasteiger partial charge on any atom is -0.308 e. The van der Waals surface area contributed by atoms with Crippen molar-refractivity contribution in [1.29, 1.82) is 0 Å². The minimum atomic E-state index is 0.632. The van der Waals surface area contributed by atoms with Gasteiger partial charge in [-0.25, -0.2) is 4.98 Å². The van der Waals surface area contributed by atoms with Gasteiger partial charge in [0.15, 0.2) is 0 Å². The maximum absolute atomic E-state index is 4.60. The van der Waals surface area contributed by atoms with Crippen LogP contribution in [0.4, 0.5) is 0 Å². The van der Waals surface area contributed by atoms with E-state index >= 15 is 0 Å². The fraction of sp³-hybridized carbons (Fsp3) is 0.800. The van der Waals surface area contributed by atoms with E-state index in [0.29, 0.717) is 6.04 Å². The lowest BCUT2D eigenvalue weighted by atomic mass is 9.93. The lowest BCUT2D eigenvalue weighted by Crippen LogP contribution is -2.32. The first-order chi connectivity index (χ1) is 8.66. The van der Waals surface area contributed by atoms with E-state index in [1.54, 1.807) is 0 Å². The molecule has 2 rings (SSSR count). The zero-order valence-electron chi connectivity index (χ0n) is 12.0. The van der Waals surface area contributed by atoms with E-state index in [9.17, 15) is 0 Å². The molecule has 1 atom stereocenters. The highest BCUT2D eigenvalue weighted by Crippen LogP contribution is 2.26. The van der Waals surface area contributed by atoms with Gasteiger partial charge >= 0.3 is 0 Å². The van der Waals surface area contributed by atoms with Crippen molar-refractivity contribution >= 4 is 11.3 Å². The highest BCUT2D eigenvalue weighted by atomic mass is 32.1. The molecular formula is C15H26N2S. The van der Waals surface area contributed by atoms with E-state index in [1.165, 1.54) is 54.1 Å². The van der Waals surface area contributed by atoms with Crippen LogP contribution in [0.5, 0.6) is 0 Å². The Labute approximate surface area is 115 Å². The summed E-state index contributed by atoms with van der Waals surface area (Å²) in [5.74, 6) is 0.870. The maximum atomic E-state index is 4.60. The zero-order chi connectivity index (χ0) is 13.0. The highest BCUT2D eigenvalue weighted by molar-refractivity contribution is 7.11. The molecule has 0 bridgehead atoms. The molecule has 18 heavy (non-hydrogen) atoms. The van der Waals surface area contributed by atoms with Crippen LogP contribution in [0.2, 0.25) is 0 Å². The number of aryl methyl sites for hydroxylation is 2. The van der Waals surface area contributed by atoms with Crippen LogP contribution in [0.15, 0.2) is 0 Å². The van der Waals surface area contributed by atoms with Crippen LogP contribution in [0.3, 0.4) is 0 Å². The van der Waals surface area contributed by atoms with Crippen molar-refractivity contribution in [3.8, 4) is 0 Å². The Morgan fingerprint density at radius 3 is 2.44 bits per heavy atom. The minimum absolute atomic E-state index is 0.632. The van der Waals surface area contributed by atoms with Gasteiger partial charge in [-0.05, 0) is 39.5 Å². The molecule has 1 aromatic rings. The molecule has 2 nitrogen and oxygen atoms in total. The van der Waals surface area contributed by atoms with E-state index in [4.69, 9.17) is 0 Å². The van der Waals surface area contributed by atoms with Crippen molar-refractivity contribution in [3.05, 3.63) is 15.6 Å². The molecule has 1 saturated carbocycles. The monoisotopic (exact) mass is 266 g/mol. The summed E-state index contributed by atoms with van der Waals surface area (Å²) in [4.78, 5) is 5.96. The van der Waals surface area contributed by atoms with Crippen molar-refractivity contribution in [2.45, 2.75) is 71.9 Å². The van der Waals surface area contributed by atoms with Gasteiger partial charge in [-0.3, -0.25) is 0 Å². The molecule has 0 saturated heterocycles. The van der Waals surface area contributed by atoms with Gasteiger partial charge in [0.2, 0.25) is 0 Å². The number of nitrogens with zero attached hydrogens (tertiary/aromatic N) is 1. The number of hydrogen-bond donors (Lipinski definition) is 1. The average Bonchev–Trinajstić information content (AvgIpc) is 2.60. The topological polar surface area (TPSA) is 24.9 Å². The third kappa shape index (κ3) is 3.79. The second kappa shape index (κ2) is 6.67. The summed E-state index contributed by atoms with van der Waals surface area (Å²) in [6.07, 6.45) is 8.54. The highest BCUT2D eigenvalue weighted by Gasteiger charge is 2.18. The van der Waals surface area contributed by atoms with E-state index < -0.39 is 0 Å². The Kier molecular flexibility index (Phi) is 5.19. The molecule has 1 aromatic heterocycles. The molecule has 1 heterocycles. The van der Waals surface area contributed by atoms with Crippen molar-refractivity contribution in [2.75, 3.05) is 0 Å². The van der Waals surface area contributed by atoms with Crippen molar-refractivity contribution in [3.63, 3.8) is 0 Å². The molecule has 0 unspecified atom stereocenters. The third-order valence-electron chi connectivity index (χ3n) is 4.26. The predicted octanol–water partition coefficient (Wildman–Crippen LogP) is 4.21. The van der Waals surface area contributed by atoms with Gasteiger partial charge in [0.05, 0.1) is 5.69 Å². The number of thiazole rings is 1. The second-order valence-electron chi connectivity index (χ2n) is 5.67. The number of hydrogen-bond acceptors (Lipinski definition) is 3. The van der Waals surface area contributed by atoms with Gasteiger partial charge < -0.3 is 5.32 Å². The summed E-state index contributed by atoms with van der Waals surface area (Å²) in [5.41, 5.74) is 1.19. The lowest BCUT2D eigenvalue weighted by molar-refractivity contribution is 0.336. The van der Waals surface area contributed by atoms with Gasteiger partial charge in [-0.1, -0.05) is 25.7 Å². The SMILES string of the molecule is Cc1nc(CN[C@H](C)C2CCCCCC2)sc1C. The van der Waals surface area contributed by atoms with Gasteiger partial charge in [0, 0.05) is 17.5 Å². The average molecular weight is 266 g/mol. The maximum Gasteiger partial charge on any atom is 0.107 e. The Bertz CT molecular complexity index is 345. The van der Waals surface area contributed by atoms with Crippen LogP contribution in [0.25, 0.3) is 0 Å². The van der Waals surface area contributed by atoms with Crippen LogP contribution >= 0.6 is 11.3 Å². The molecular weight excluding hydrogens is 240 g/mol. The third-order valence-corrected chi connectivity index (χ3v) is 5.33. The Morgan fingerprint density at radius 1 is 1.22 bits per heavy atom. The van der Waals surface area contributed by atoms with Crippen LogP contribution in [-0.2, 0) is 6.54 Å². The largest absolute Gasteiger partial charge is 0.308 e. The fourth-order valence-corrected chi connectivity index (χ4v) is 3.73. The Hall–Kier alpha value is -0.410. The first-order valence-electron chi connectivity index (χ1n) is 7.33. The van der Waals surface area contributed by atoms with Crippen molar-refractivity contribution in [1.82, 2.24) is 10.3 Å². The molecule has 102 valence electrons. The van der Waals surface area contributed by atoms with Gasteiger partial charge in [-0.2, -0.15) is 0 Å². The summed E-state index contributed by atoms with van der Waals surface area (Å²) in [7, 11) is 0. The van der Waals surface area contributed by atoms with Crippen LogP contribution in [0, 0.1) is 19.8 Å². The summed E-state index contributed by atoms with van der Waals surface area (Å²) in [6, 6.07) is 0.632. The Morgan fingerprint density at radius 2 is 1.89 bits per heavy atom. The Balaban J connectivity index is 1.81. The van der Waals surface area contributed by atoms with E-state index in [-0.39, 0.29) is 0 Å². The molecule has 0 spiro atoms. The van der Waals surface area contributed by atoms with Crippen molar-refractivity contribution in [2.24, 2.45) is 5.92 Å². The molecule has 1 aliphatic carbocycles. The molecule has 1 fully saturated rings. The molecule has 0 amide bonds. The van der Waals surface area contributed by atoms with E-state index in [2.05, 4.69) is 31.1 Å². The first-order valence-corrected chi connectivity index (χ1v) is 8.14. The molecule has 1 aliphatic rings. The predicted molar refractivity (Wildman–Crippen MR) is 79.1 cm³/mol. The molecule has 0 aliphatic heterocycles. The fourth-order valence-electron chi connectivity index (χ4n) is 2.84. The summed E-state index contributed by atoms with van der Waals surface area (Å²) < 4.78 is 0. The zero-order valence-corrected chi connectivity index (χ0v) is 12.8. The summed E-state index contributed by atoms with van der Waals surface area (Å²) in [6.45, 7) is 7.55. The summed E-state index contributed by atoms with van der Waals surface area (Å²) >= 11 is 1.83. The smallest absolute Gasteiger partial charge is 0.107 e. The van der Waals surface area contributed by atoms with Crippen LogP contribution in [0.1, 0.15) is 61.0 Å². The van der Waals surface area contributed by atoms with Crippen molar-refractivity contribution < 1.29 is 0 Å². The number of rotatable bonds is 4. The van der Waals surface area contributed by atoms with E-state index in [0.717, 1.165) is 12.5 Å². The van der Waals surface area contributed by atoms with E-state index in [1.807, 2.05) is 11.3 Å². The quantitative estimate of drug-likeness (QED) is 0.826. The molecule has 1 N–H and O–H groups in total. The van der Waals surface area contributed by atoms with Gasteiger partial charge in [0.25, 0.3) is 0 Å². The molecule has 3 heteroatoms. The summed E-state index contributed by atoms with van der Waals surface area (Å²) in [5, 5.41) is 4.93. The molecule has 0 radical (unpaired) electrons. The first kappa shape index (κ1) is 14.0. The lowest BCUT2D eigenvalue weighted by Gasteiger charge is -2.23. The van der Waals surface area contributed by atoms with Crippen LogP contribution < -0.4 is 5.32 Å². The van der Waals surface area contributed by atoms with Gasteiger partial charge in [-0.15, -0.1) is 11.3 Å². The normalized spacial score (nSPS) is 19.7. The molecule has 0 aromatic carbocycles. The standard InChI is InChI=1S/C15H26N2S/c1-11-13(3)18-15(17-11)10-16-12(2)14-8-6-4-5-7-9-14/h12,14,16H,4-10H2,1-3H3/t12-/m1/s1. The number of aromatic nitrogens is 1. The number of nitrogens with one attached hydrogen (secondary N) is 1. The van der Waals surface area contributed by atoms with Gasteiger partial charge in [0.1, 0.15) is 5.01 Å². The second-order valence-corrected chi connectivity index (χ2v) is 6.96. The van der Waals surface area contributed by atoms with Crippen LogP contribution in [-0.4, -0.2) is 11.0 Å².